The number of anilines is 1. The number of amides is 3. The summed E-state index contributed by atoms with van der Waals surface area (Å²) in [5.74, 6) is 0.0239. The van der Waals surface area contributed by atoms with Crippen LogP contribution in [-0.2, 0) is 17.6 Å². The van der Waals surface area contributed by atoms with Crippen LogP contribution in [0.15, 0.2) is 0 Å². The van der Waals surface area contributed by atoms with Gasteiger partial charge in [0.05, 0.1) is 11.5 Å². The van der Waals surface area contributed by atoms with E-state index in [0.717, 1.165) is 48.4 Å². The van der Waals surface area contributed by atoms with Gasteiger partial charge in [0, 0.05) is 44.1 Å². The van der Waals surface area contributed by atoms with Crippen molar-refractivity contribution in [1.82, 2.24) is 20.0 Å². The molecule has 2 N–H and O–H groups in total. The van der Waals surface area contributed by atoms with Crippen LogP contribution in [0.2, 0.25) is 0 Å². The molecule has 1 aromatic rings. The number of likely N-dealkylation sites (N-methyl/N-ethyl adjacent to an activating group) is 2. The number of carbonyl (C=O) groups is 2. The van der Waals surface area contributed by atoms with Gasteiger partial charge in [-0.05, 0) is 58.3 Å². The van der Waals surface area contributed by atoms with Crippen LogP contribution in [0.25, 0.3) is 0 Å². The summed E-state index contributed by atoms with van der Waals surface area (Å²) in [6.07, 6.45) is 3.23. The second kappa shape index (κ2) is 10.6. The second-order valence-electron chi connectivity index (χ2n) is 9.20. The summed E-state index contributed by atoms with van der Waals surface area (Å²) in [4.78, 5) is 33.2. The molecule has 1 aliphatic carbocycles. The third-order valence-corrected chi connectivity index (χ3v) is 7.91. The Morgan fingerprint density at radius 3 is 2.66 bits per heavy atom. The Morgan fingerprint density at radius 2 is 2.03 bits per heavy atom. The third-order valence-electron chi connectivity index (χ3n) is 6.64. The van der Waals surface area contributed by atoms with E-state index in [1.54, 1.807) is 11.3 Å². The fourth-order valence-corrected chi connectivity index (χ4v) is 6.22. The van der Waals surface area contributed by atoms with Gasteiger partial charge in [0.25, 0.3) is 0 Å². The fourth-order valence-electron chi connectivity index (χ4n) is 5.04. The van der Waals surface area contributed by atoms with E-state index in [1.165, 1.54) is 9.78 Å². The zero-order chi connectivity index (χ0) is 23.4. The Kier molecular flexibility index (Phi) is 8.15. The van der Waals surface area contributed by atoms with E-state index in [1.807, 2.05) is 33.0 Å². The van der Waals surface area contributed by atoms with Gasteiger partial charge in [0.15, 0.2) is 0 Å². The first-order valence-electron chi connectivity index (χ1n) is 11.5. The third kappa shape index (κ3) is 5.08. The number of imide groups is 1. The maximum atomic E-state index is 13.4. The molecular formula is C23H36N6O2S. The molecule has 32 heavy (non-hydrogen) atoms. The summed E-state index contributed by atoms with van der Waals surface area (Å²) in [5.41, 5.74) is 1.91. The zero-order valence-corrected chi connectivity index (χ0v) is 20.7. The Bertz CT molecular complexity index is 877. The first kappa shape index (κ1) is 24.5. The van der Waals surface area contributed by atoms with E-state index in [-0.39, 0.29) is 17.9 Å². The van der Waals surface area contributed by atoms with Crippen molar-refractivity contribution in [3.63, 3.8) is 0 Å². The normalized spacial score (nSPS) is 22.6. The lowest BCUT2D eigenvalue weighted by molar-refractivity contribution is -0.136. The number of piperidine rings is 1. The maximum Gasteiger partial charge on any atom is 0.324 e. The number of urea groups is 1. The smallest absolute Gasteiger partial charge is 0.324 e. The topological polar surface area (TPSA) is 91.7 Å². The van der Waals surface area contributed by atoms with Crippen LogP contribution in [0.3, 0.4) is 0 Å². The molecule has 3 atom stereocenters. The number of rotatable bonds is 7. The van der Waals surface area contributed by atoms with Crippen molar-refractivity contribution in [3.8, 4) is 6.07 Å². The molecule has 0 aromatic carbocycles. The molecule has 0 radical (unpaired) electrons. The van der Waals surface area contributed by atoms with E-state index in [9.17, 15) is 14.9 Å². The van der Waals surface area contributed by atoms with Crippen molar-refractivity contribution in [3.05, 3.63) is 16.0 Å². The molecule has 0 bridgehead atoms. The second-order valence-corrected chi connectivity index (χ2v) is 10.3. The molecular weight excluding hydrogens is 424 g/mol. The molecule has 3 rings (SSSR count). The minimum Gasteiger partial charge on any atom is -0.379 e. The van der Waals surface area contributed by atoms with E-state index in [0.29, 0.717) is 31.6 Å². The van der Waals surface area contributed by atoms with Crippen molar-refractivity contribution in [2.24, 2.45) is 11.8 Å². The highest BCUT2D eigenvalue weighted by Gasteiger charge is 2.43. The predicted octanol–water partition coefficient (Wildman–Crippen LogP) is 2.21. The van der Waals surface area contributed by atoms with Gasteiger partial charge in [0.2, 0.25) is 5.91 Å². The highest BCUT2D eigenvalue weighted by Crippen LogP contribution is 2.43. The first-order valence-corrected chi connectivity index (χ1v) is 12.3. The molecule has 1 fully saturated rings. The largest absolute Gasteiger partial charge is 0.379 e. The first-order chi connectivity index (χ1) is 15.3. The molecule has 3 unspecified atom stereocenters. The lowest BCUT2D eigenvalue weighted by Crippen LogP contribution is -2.55. The summed E-state index contributed by atoms with van der Waals surface area (Å²) >= 11 is 1.68. The number of carbonyl (C=O) groups excluding carboxylic acids is 2. The molecule has 1 aliphatic heterocycles. The summed E-state index contributed by atoms with van der Waals surface area (Å²) in [7, 11) is 7.85. The van der Waals surface area contributed by atoms with Crippen LogP contribution in [-0.4, -0.2) is 87.0 Å². The molecule has 176 valence electrons. The van der Waals surface area contributed by atoms with Crippen molar-refractivity contribution in [1.29, 1.82) is 5.26 Å². The number of likely N-dealkylation sites (tertiary alicyclic amines) is 1. The van der Waals surface area contributed by atoms with E-state index in [2.05, 4.69) is 28.7 Å². The highest BCUT2D eigenvalue weighted by atomic mass is 32.1. The molecule has 3 amide bonds. The molecule has 9 heteroatoms. The molecule has 2 aliphatic rings. The standard InChI is InChI=1S/C23H36N6O2S/c1-6-8-29(23(31)26-7-9-27(3)4)22(30)16-10-15-11-17-18(13-24)21(25-2)32-20(17)12-19(15)28(5)14-16/h15-16,19,25H,6-12,14H2,1-5H3,(H,26,31). The predicted molar refractivity (Wildman–Crippen MR) is 128 cm³/mol. The Hall–Kier alpha value is -2.15. The SMILES string of the molecule is CCCN(C(=O)NCCN(C)C)C(=O)C1CC2Cc3c(sc(NC)c3C#N)CC2N(C)C1. The number of nitrogens with zero attached hydrogens (tertiary/aromatic N) is 4. The monoisotopic (exact) mass is 460 g/mol. The van der Waals surface area contributed by atoms with Gasteiger partial charge in [-0.15, -0.1) is 11.3 Å². The number of thiophene rings is 1. The molecule has 0 spiro atoms. The number of hydrogen-bond donors (Lipinski definition) is 2. The van der Waals surface area contributed by atoms with Gasteiger partial charge < -0.3 is 20.4 Å². The number of nitrogens with one attached hydrogen (secondary N) is 2. The summed E-state index contributed by atoms with van der Waals surface area (Å²) in [6, 6.07) is 2.45. The average Bonchev–Trinajstić information content (AvgIpc) is 3.11. The minimum absolute atomic E-state index is 0.0768. The number of fused-ring (bicyclic) bond motifs is 2. The number of nitriles is 1. The van der Waals surface area contributed by atoms with Crippen LogP contribution in [0.1, 0.15) is 35.8 Å². The summed E-state index contributed by atoms with van der Waals surface area (Å²) < 4.78 is 0. The maximum absolute atomic E-state index is 13.4. The van der Waals surface area contributed by atoms with Crippen LogP contribution in [0.5, 0.6) is 0 Å². The summed E-state index contributed by atoms with van der Waals surface area (Å²) in [5, 5.41) is 16.7. The molecule has 1 saturated heterocycles. The molecule has 2 heterocycles. The molecule has 8 nitrogen and oxygen atoms in total. The van der Waals surface area contributed by atoms with Gasteiger partial charge in [-0.1, -0.05) is 6.92 Å². The highest BCUT2D eigenvalue weighted by molar-refractivity contribution is 7.16. The van der Waals surface area contributed by atoms with Crippen LogP contribution in [0.4, 0.5) is 9.80 Å². The van der Waals surface area contributed by atoms with Gasteiger partial charge in [-0.25, -0.2) is 4.79 Å². The fraction of sp³-hybridized carbons (Fsp3) is 0.696. The summed E-state index contributed by atoms with van der Waals surface area (Å²) in [6.45, 7) is 4.32. The zero-order valence-electron chi connectivity index (χ0n) is 19.9. The van der Waals surface area contributed by atoms with Gasteiger partial charge in [0.1, 0.15) is 11.1 Å². The average molecular weight is 461 g/mol. The van der Waals surface area contributed by atoms with E-state index in [4.69, 9.17) is 0 Å². The Balaban J connectivity index is 1.73. The van der Waals surface area contributed by atoms with Gasteiger partial charge >= 0.3 is 6.03 Å². The lowest BCUT2D eigenvalue weighted by Gasteiger charge is -2.45. The van der Waals surface area contributed by atoms with Crippen molar-refractivity contribution in [2.75, 3.05) is 59.7 Å². The number of hydrogen-bond acceptors (Lipinski definition) is 7. The lowest BCUT2D eigenvalue weighted by atomic mass is 9.74. The van der Waals surface area contributed by atoms with Crippen LogP contribution < -0.4 is 10.6 Å². The van der Waals surface area contributed by atoms with Gasteiger partial charge in [-0.3, -0.25) is 9.69 Å². The van der Waals surface area contributed by atoms with Crippen LogP contribution >= 0.6 is 11.3 Å². The molecule has 0 saturated carbocycles. The minimum atomic E-state index is -0.294. The van der Waals surface area contributed by atoms with Crippen LogP contribution in [0, 0.1) is 23.2 Å². The van der Waals surface area contributed by atoms with E-state index < -0.39 is 0 Å². The van der Waals surface area contributed by atoms with Crippen molar-refractivity contribution in [2.45, 2.75) is 38.6 Å². The molecule has 1 aromatic heterocycles. The van der Waals surface area contributed by atoms with Gasteiger partial charge in [-0.2, -0.15) is 5.26 Å². The Labute approximate surface area is 195 Å². The quantitative estimate of drug-likeness (QED) is 0.648. The van der Waals surface area contributed by atoms with Crippen molar-refractivity contribution < 1.29 is 9.59 Å². The van der Waals surface area contributed by atoms with Crippen molar-refractivity contribution >= 4 is 28.3 Å². The van der Waals surface area contributed by atoms with E-state index >= 15 is 0 Å². The Morgan fingerprint density at radius 1 is 1.28 bits per heavy atom.